The molecule has 4 rings (SSSR count). The Balaban J connectivity index is 1.51. The summed E-state index contributed by atoms with van der Waals surface area (Å²) >= 11 is 12.2. The molecular formula is C27H29ClN4OS. The number of hydrogen-bond acceptors (Lipinski definition) is 4. The van der Waals surface area contributed by atoms with E-state index in [4.69, 9.17) is 23.8 Å². The summed E-state index contributed by atoms with van der Waals surface area (Å²) in [6, 6.07) is 25.2. The molecule has 2 N–H and O–H groups in total. The Labute approximate surface area is 211 Å². The third kappa shape index (κ3) is 5.76. The number of carbonyl (C=O) groups is 1. The summed E-state index contributed by atoms with van der Waals surface area (Å²) in [5, 5.41) is 7.04. The van der Waals surface area contributed by atoms with Crippen LogP contribution in [0.15, 0.2) is 78.9 Å². The van der Waals surface area contributed by atoms with Crippen LogP contribution in [-0.2, 0) is 4.79 Å². The fraction of sp³-hybridized carbons (Fsp3) is 0.259. The molecule has 1 amide bonds. The van der Waals surface area contributed by atoms with E-state index in [1.54, 1.807) is 0 Å². The first kappa shape index (κ1) is 24.2. The van der Waals surface area contributed by atoms with Crippen LogP contribution in [0, 0.1) is 0 Å². The number of para-hydroxylation sites is 1. The Bertz CT molecular complexity index is 1080. The average molecular weight is 493 g/mol. The van der Waals surface area contributed by atoms with Crippen LogP contribution in [-0.4, -0.2) is 48.6 Å². The summed E-state index contributed by atoms with van der Waals surface area (Å²) < 4.78 is 0. The van der Waals surface area contributed by atoms with Crippen LogP contribution < -0.4 is 15.5 Å². The van der Waals surface area contributed by atoms with Gasteiger partial charge in [-0.1, -0.05) is 85.3 Å². The zero-order valence-corrected chi connectivity index (χ0v) is 20.8. The van der Waals surface area contributed by atoms with Crippen molar-refractivity contribution in [3.8, 4) is 0 Å². The van der Waals surface area contributed by atoms with Gasteiger partial charge in [0.1, 0.15) is 0 Å². The Morgan fingerprint density at radius 2 is 1.50 bits per heavy atom. The predicted molar refractivity (Wildman–Crippen MR) is 145 cm³/mol. The van der Waals surface area contributed by atoms with E-state index in [2.05, 4.69) is 27.4 Å². The number of hydrogen-bond donors (Lipinski definition) is 2. The van der Waals surface area contributed by atoms with E-state index < -0.39 is 5.92 Å². The molecule has 0 radical (unpaired) electrons. The molecule has 1 saturated heterocycles. The molecule has 0 bridgehead atoms. The number of anilines is 2. The topological polar surface area (TPSA) is 47.6 Å². The van der Waals surface area contributed by atoms with Gasteiger partial charge in [0.15, 0.2) is 5.11 Å². The van der Waals surface area contributed by atoms with Gasteiger partial charge in [-0.3, -0.25) is 4.79 Å². The number of piperazine rings is 1. The second kappa shape index (κ2) is 11.5. The molecule has 0 saturated carbocycles. The highest BCUT2D eigenvalue weighted by Gasteiger charge is 2.25. The number of halogens is 1. The summed E-state index contributed by atoms with van der Waals surface area (Å²) in [5.74, 6) is -0.654. The summed E-state index contributed by atoms with van der Waals surface area (Å²) in [7, 11) is 0. The lowest BCUT2D eigenvalue weighted by Crippen LogP contribution is -2.46. The van der Waals surface area contributed by atoms with Gasteiger partial charge in [-0.2, -0.15) is 0 Å². The van der Waals surface area contributed by atoms with E-state index in [9.17, 15) is 4.79 Å². The third-order valence-corrected chi connectivity index (χ3v) is 6.64. The van der Waals surface area contributed by atoms with Crippen molar-refractivity contribution in [1.29, 1.82) is 0 Å². The number of amides is 1. The highest BCUT2D eigenvalue weighted by Crippen LogP contribution is 2.34. The quantitative estimate of drug-likeness (QED) is 0.467. The van der Waals surface area contributed by atoms with E-state index in [0.29, 0.717) is 5.02 Å². The molecule has 1 aliphatic rings. The van der Waals surface area contributed by atoms with Gasteiger partial charge in [0.25, 0.3) is 0 Å². The molecule has 0 unspecified atom stereocenters. The van der Waals surface area contributed by atoms with Gasteiger partial charge in [-0.15, -0.1) is 0 Å². The van der Waals surface area contributed by atoms with Gasteiger partial charge in [0.05, 0.1) is 22.3 Å². The first-order valence-corrected chi connectivity index (χ1v) is 12.3. The second-order valence-electron chi connectivity index (χ2n) is 8.26. The van der Waals surface area contributed by atoms with E-state index in [0.717, 1.165) is 55.2 Å². The van der Waals surface area contributed by atoms with Crippen molar-refractivity contribution < 1.29 is 4.79 Å². The minimum atomic E-state index is -0.469. The fourth-order valence-electron chi connectivity index (χ4n) is 4.35. The van der Waals surface area contributed by atoms with Gasteiger partial charge in [-0.05, 0) is 42.0 Å². The Kier molecular flexibility index (Phi) is 8.16. The summed E-state index contributed by atoms with van der Waals surface area (Å²) in [4.78, 5) is 18.1. The highest BCUT2D eigenvalue weighted by molar-refractivity contribution is 7.80. The van der Waals surface area contributed by atoms with Gasteiger partial charge in [-0.25, -0.2) is 0 Å². The van der Waals surface area contributed by atoms with Gasteiger partial charge in [0, 0.05) is 26.2 Å². The first-order chi connectivity index (χ1) is 16.6. The number of likely N-dealkylation sites (N-methyl/N-ethyl adjacent to an activating group) is 1. The molecule has 34 heavy (non-hydrogen) atoms. The smallest absolute Gasteiger partial charge is 0.238 e. The van der Waals surface area contributed by atoms with Crippen molar-refractivity contribution in [1.82, 2.24) is 10.2 Å². The van der Waals surface area contributed by atoms with Crippen molar-refractivity contribution in [3.63, 3.8) is 0 Å². The summed E-state index contributed by atoms with van der Waals surface area (Å²) in [6.45, 7) is 6.96. The number of rotatable bonds is 6. The third-order valence-electron chi connectivity index (χ3n) is 6.14. The number of carbonyl (C=O) groups excluding carboxylic acids is 1. The Morgan fingerprint density at radius 3 is 2.06 bits per heavy atom. The van der Waals surface area contributed by atoms with Crippen LogP contribution in [0.25, 0.3) is 0 Å². The summed E-state index contributed by atoms with van der Waals surface area (Å²) in [5.41, 5.74) is 3.52. The van der Waals surface area contributed by atoms with Crippen LogP contribution >= 0.6 is 23.8 Å². The van der Waals surface area contributed by atoms with Crippen molar-refractivity contribution in [3.05, 3.63) is 95.0 Å². The normalized spacial score (nSPS) is 14.1. The average Bonchev–Trinajstić information content (AvgIpc) is 2.86. The van der Waals surface area contributed by atoms with E-state index in [-0.39, 0.29) is 11.0 Å². The SMILES string of the molecule is CCN1CCN(c2c(Cl)cccc2NC(=S)NC(=O)C(c2ccccc2)c2ccccc2)CC1. The van der Waals surface area contributed by atoms with E-state index >= 15 is 0 Å². The first-order valence-electron chi connectivity index (χ1n) is 11.5. The Morgan fingerprint density at radius 1 is 0.912 bits per heavy atom. The minimum Gasteiger partial charge on any atom is -0.366 e. The molecule has 1 aliphatic heterocycles. The molecule has 5 nitrogen and oxygen atoms in total. The van der Waals surface area contributed by atoms with Crippen LogP contribution in [0.4, 0.5) is 11.4 Å². The zero-order valence-electron chi connectivity index (χ0n) is 19.2. The van der Waals surface area contributed by atoms with Gasteiger partial charge < -0.3 is 20.4 Å². The van der Waals surface area contributed by atoms with Crippen molar-refractivity contribution in [2.45, 2.75) is 12.8 Å². The van der Waals surface area contributed by atoms with Crippen LogP contribution in [0.2, 0.25) is 5.02 Å². The van der Waals surface area contributed by atoms with Crippen molar-refractivity contribution in [2.24, 2.45) is 0 Å². The molecular weight excluding hydrogens is 464 g/mol. The molecule has 0 atom stereocenters. The number of nitrogens with one attached hydrogen (secondary N) is 2. The molecule has 0 spiro atoms. The lowest BCUT2D eigenvalue weighted by Gasteiger charge is -2.37. The molecule has 3 aromatic rings. The standard InChI is InChI=1S/C27H29ClN4OS/c1-2-31-16-18-32(19-17-31)25-22(28)14-9-15-23(25)29-27(34)30-26(33)24(20-10-5-3-6-11-20)21-12-7-4-8-13-21/h3-15,24H,2,16-19H2,1H3,(H2,29,30,33,34). The predicted octanol–water partition coefficient (Wildman–Crippen LogP) is 5.13. The molecule has 176 valence electrons. The maximum atomic E-state index is 13.4. The lowest BCUT2D eigenvalue weighted by molar-refractivity contribution is -0.120. The Hall–Kier alpha value is -2.93. The second-order valence-corrected chi connectivity index (χ2v) is 9.07. The van der Waals surface area contributed by atoms with Crippen LogP contribution in [0.1, 0.15) is 24.0 Å². The minimum absolute atomic E-state index is 0.185. The summed E-state index contributed by atoms with van der Waals surface area (Å²) in [6.07, 6.45) is 0. The van der Waals surface area contributed by atoms with Gasteiger partial charge in [0.2, 0.25) is 5.91 Å². The largest absolute Gasteiger partial charge is 0.366 e. The van der Waals surface area contributed by atoms with E-state index in [1.807, 2.05) is 78.9 Å². The van der Waals surface area contributed by atoms with E-state index in [1.165, 1.54) is 0 Å². The number of benzene rings is 3. The molecule has 0 aliphatic carbocycles. The van der Waals surface area contributed by atoms with Gasteiger partial charge >= 0.3 is 0 Å². The van der Waals surface area contributed by atoms with Crippen LogP contribution in [0.5, 0.6) is 0 Å². The van der Waals surface area contributed by atoms with Crippen LogP contribution in [0.3, 0.4) is 0 Å². The molecule has 1 heterocycles. The number of thiocarbonyl (C=S) groups is 1. The van der Waals surface area contributed by atoms with Crippen molar-refractivity contribution in [2.75, 3.05) is 42.9 Å². The highest BCUT2D eigenvalue weighted by atomic mass is 35.5. The molecule has 0 aromatic heterocycles. The zero-order chi connectivity index (χ0) is 23.9. The maximum Gasteiger partial charge on any atom is 0.238 e. The monoisotopic (exact) mass is 492 g/mol. The molecule has 1 fully saturated rings. The number of nitrogens with zero attached hydrogens (tertiary/aromatic N) is 2. The molecule has 3 aromatic carbocycles. The lowest BCUT2D eigenvalue weighted by atomic mass is 9.90. The maximum absolute atomic E-state index is 13.4. The molecule has 7 heteroatoms. The fourth-order valence-corrected chi connectivity index (χ4v) is 4.85. The van der Waals surface area contributed by atoms with Crippen molar-refractivity contribution >= 4 is 46.2 Å².